The Hall–Kier alpha value is -1.30. The second kappa shape index (κ2) is 6.43. The lowest BCUT2D eigenvalue weighted by Crippen LogP contribution is -2.30. The van der Waals surface area contributed by atoms with Gasteiger partial charge in [-0.1, -0.05) is 6.07 Å². The summed E-state index contributed by atoms with van der Waals surface area (Å²) in [7, 11) is 0. The van der Waals surface area contributed by atoms with Crippen LogP contribution in [0.15, 0.2) is 24.3 Å². The third-order valence-electron chi connectivity index (χ3n) is 3.30. The third kappa shape index (κ3) is 4.10. The molecule has 3 rings (SSSR count). The number of hydrogen-bond acceptors (Lipinski definition) is 5. The maximum absolute atomic E-state index is 5.72. The molecule has 0 aliphatic carbocycles. The second-order valence-corrected chi connectivity index (χ2v) is 5.06. The van der Waals surface area contributed by atoms with E-state index in [1.54, 1.807) is 0 Å². The van der Waals surface area contributed by atoms with Crippen molar-refractivity contribution in [1.29, 1.82) is 0 Å². The summed E-state index contributed by atoms with van der Waals surface area (Å²) in [6, 6.07) is 8.09. The minimum atomic E-state index is 0.276. The number of ether oxygens (including phenoxy) is 4. The molecule has 0 bridgehead atoms. The van der Waals surface area contributed by atoms with Gasteiger partial charge in [-0.25, -0.2) is 0 Å². The molecule has 5 heteroatoms. The largest absolute Gasteiger partial charge is 0.491 e. The predicted octanol–water partition coefficient (Wildman–Crippen LogP) is 1.66. The van der Waals surface area contributed by atoms with Crippen LogP contribution in [0.3, 0.4) is 0 Å². The third-order valence-corrected chi connectivity index (χ3v) is 3.30. The zero-order valence-corrected chi connectivity index (χ0v) is 11.8. The smallest absolute Gasteiger partial charge is 0.121 e. The Labute approximate surface area is 119 Å². The zero-order chi connectivity index (χ0) is 13.8. The zero-order valence-electron chi connectivity index (χ0n) is 11.8. The first kappa shape index (κ1) is 13.7. The maximum Gasteiger partial charge on any atom is 0.121 e. The Kier molecular flexibility index (Phi) is 4.40. The van der Waals surface area contributed by atoms with E-state index in [2.05, 4.69) is 11.0 Å². The molecule has 5 nitrogen and oxygen atoms in total. The molecule has 0 saturated carbocycles. The summed E-state index contributed by atoms with van der Waals surface area (Å²) in [5.41, 5.74) is 1.10. The van der Waals surface area contributed by atoms with Gasteiger partial charge >= 0.3 is 0 Å². The van der Waals surface area contributed by atoms with Gasteiger partial charge in [0.2, 0.25) is 0 Å². The van der Waals surface area contributed by atoms with Crippen molar-refractivity contribution in [1.82, 2.24) is 0 Å². The van der Waals surface area contributed by atoms with Crippen molar-refractivity contribution in [2.75, 3.05) is 44.6 Å². The summed E-state index contributed by atoms with van der Waals surface area (Å²) < 4.78 is 21.7. The molecule has 2 unspecified atom stereocenters. The molecule has 2 aliphatic rings. The van der Waals surface area contributed by atoms with Crippen LogP contribution >= 0.6 is 0 Å². The van der Waals surface area contributed by atoms with Crippen LogP contribution < -0.4 is 9.64 Å². The summed E-state index contributed by atoms with van der Waals surface area (Å²) >= 11 is 0. The summed E-state index contributed by atoms with van der Waals surface area (Å²) in [6.07, 6.45) is 0.609. The minimum absolute atomic E-state index is 0.276. The van der Waals surface area contributed by atoms with Crippen molar-refractivity contribution in [2.24, 2.45) is 0 Å². The minimum Gasteiger partial charge on any atom is -0.491 e. The maximum atomic E-state index is 5.72. The van der Waals surface area contributed by atoms with Crippen LogP contribution in [0.2, 0.25) is 0 Å². The van der Waals surface area contributed by atoms with Crippen LogP contribution in [-0.2, 0) is 14.2 Å². The molecule has 2 aliphatic heterocycles. The van der Waals surface area contributed by atoms with Gasteiger partial charge in [0, 0.05) is 24.9 Å². The average molecular weight is 279 g/mol. The fourth-order valence-corrected chi connectivity index (χ4v) is 1.98. The van der Waals surface area contributed by atoms with Crippen molar-refractivity contribution in [2.45, 2.75) is 19.1 Å². The van der Waals surface area contributed by atoms with Crippen LogP contribution in [0, 0.1) is 0 Å². The first-order valence-corrected chi connectivity index (χ1v) is 7.14. The number of anilines is 1. The van der Waals surface area contributed by atoms with E-state index in [-0.39, 0.29) is 6.10 Å². The molecule has 2 atom stereocenters. The number of hydrogen-bond donors (Lipinski definition) is 0. The van der Waals surface area contributed by atoms with E-state index in [0.29, 0.717) is 26.0 Å². The van der Waals surface area contributed by atoms with Crippen molar-refractivity contribution in [3.05, 3.63) is 24.3 Å². The number of epoxide rings is 2. The first-order valence-electron chi connectivity index (χ1n) is 7.14. The van der Waals surface area contributed by atoms with Crippen LogP contribution in [0.5, 0.6) is 5.75 Å². The Bertz CT molecular complexity index is 432. The van der Waals surface area contributed by atoms with Crippen molar-refractivity contribution in [3.8, 4) is 5.75 Å². The quantitative estimate of drug-likeness (QED) is 0.508. The summed E-state index contributed by atoms with van der Waals surface area (Å²) in [5, 5.41) is 0. The van der Waals surface area contributed by atoms with Gasteiger partial charge < -0.3 is 23.8 Å². The highest BCUT2D eigenvalue weighted by molar-refractivity contribution is 5.50. The van der Waals surface area contributed by atoms with Crippen LogP contribution in [0.1, 0.15) is 6.92 Å². The van der Waals surface area contributed by atoms with Gasteiger partial charge in [0.15, 0.2) is 0 Å². The lowest BCUT2D eigenvalue weighted by molar-refractivity contribution is 0.146. The van der Waals surface area contributed by atoms with Crippen molar-refractivity contribution < 1.29 is 18.9 Å². The Morgan fingerprint density at radius 2 is 2.05 bits per heavy atom. The van der Waals surface area contributed by atoms with E-state index in [9.17, 15) is 0 Å². The summed E-state index contributed by atoms with van der Waals surface area (Å²) in [5.74, 6) is 0.871. The Morgan fingerprint density at radius 3 is 2.75 bits per heavy atom. The van der Waals surface area contributed by atoms with Gasteiger partial charge in [-0.05, 0) is 19.1 Å². The van der Waals surface area contributed by atoms with E-state index >= 15 is 0 Å². The molecule has 0 amide bonds. The molecule has 0 aromatic heterocycles. The molecular weight excluding hydrogens is 258 g/mol. The van der Waals surface area contributed by atoms with Crippen LogP contribution in [-0.4, -0.2) is 51.9 Å². The van der Waals surface area contributed by atoms with Gasteiger partial charge in [-0.2, -0.15) is 0 Å². The molecule has 2 heterocycles. The normalized spacial score (nSPS) is 23.4. The van der Waals surface area contributed by atoms with E-state index in [0.717, 1.165) is 31.2 Å². The monoisotopic (exact) mass is 279 g/mol. The molecule has 0 radical (unpaired) electrons. The van der Waals surface area contributed by atoms with Gasteiger partial charge in [0.05, 0.1) is 19.3 Å². The number of nitrogens with zero attached hydrogens (tertiary/aromatic N) is 1. The Morgan fingerprint density at radius 1 is 1.25 bits per heavy atom. The lowest BCUT2D eigenvalue weighted by atomic mass is 10.2. The number of benzene rings is 1. The van der Waals surface area contributed by atoms with Gasteiger partial charge in [-0.15, -0.1) is 0 Å². The topological polar surface area (TPSA) is 46.8 Å². The van der Waals surface area contributed by atoms with Crippen LogP contribution in [0.4, 0.5) is 5.69 Å². The van der Waals surface area contributed by atoms with Crippen LogP contribution in [0.25, 0.3) is 0 Å². The van der Waals surface area contributed by atoms with Gasteiger partial charge in [0.25, 0.3) is 0 Å². The van der Waals surface area contributed by atoms with Crippen molar-refractivity contribution in [3.63, 3.8) is 0 Å². The first-order chi connectivity index (χ1) is 9.85. The molecule has 20 heavy (non-hydrogen) atoms. The fourth-order valence-electron chi connectivity index (χ4n) is 1.98. The summed E-state index contributed by atoms with van der Waals surface area (Å²) in [4.78, 5) is 2.18. The predicted molar refractivity (Wildman–Crippen MR) is 75.3 cm³/mol. The van der Waals surface area contributed by atoms with E-state index in [1.807, 2.05) is 25.1 Å². The standard InChI is InChI=1S/C15H21NO4/c1-2-17-11-16(7-14-8-19-14)12-4-3-5-13(6-12)18-9-15-10-20-15/h3-6,14-15H,2,7-11H2,1H3. The highest BCUT2D eigenvalue weighted by Crippen LogP contribution is 2.24. The molecular formula is C15H21NO4. The molecule has 110 valence electrons. The lowest BCUT2D eigenvalue weighted by Gasteiger charge is -2.24. The average Bonchev–Trinajstić information content (AvgIpc) is 3.36. The summed E-state index contributed by atoms with van der Waals surface area (Å²) in [6.45, 7) is 6.42. The highest BCUT2D eigenvalue weighted by Gasteiger charge is 2.26. The van der Waals surface area contributed by atoms with E-state index in [4.69, 9.17) is 18.9 Å². The number of rotatable bonds is 9. The van der Waals surface area contributed by atoms with E-state index in [1.165, 1.54) is 0 Å². The SMILES string of the molecule is CCOCN(CC1CO1)c1cccc(OCC2CO2)c1. The van der Waals surface area contributed by atoms with Crippen molar-refractivity contribution >= 4 is 5.69 Å². The second-order valence-electron chi connectivity index (χ2n) is 5.06. The Balaban J connectivity index is 1.62. The van der Waals surface area contributed by atoms with Gasteiger partial charge in [-0.3, -0.25) is 0 Å². The molecule has 1 aromatic carbocycles. The highest BCUT2D eigenvalue weighted by atomic mass is 16.6. The molecule has 2 saturated heterocycles. The van der Waals surface area contributed by atoms with E-state index < -0.39 is 0 Å². The molecule has 1 aromatic rings. The fraction of sp³-hybridized carbons (Fsp3) is 0.600. The van der Waals surface area contributed by atoms with Gasteiger partial charge in [0.1, 0.15) is 25.2 Å². The molecule has 0 spiro atoms. The molecule has 0 N–H and O–H groups in total. The molecule has 2 fully saturated rings.